The molecule has 2 nitrogen and oxygen atoms in total. The summed E-state index contributed by atoms with van der Waals surface area (Å²) in [5.74, 6) is 0. The Morgan fingerprint density at radius 2 is 1.75 bits per heavy atom. The van der Waals surface area contributed by atoms with Crippen LogP contribution in [0.4, 0.5) is 0 Å². The molecule has 2 atom stereocenters. The third-order valence-corrected chi connectivity index (χ3v) is 4.33. The largest absolute Gasteiger partial charge is 0.387 e. The summed E-state index contributed by atoms with van der Waals surface area (Å²) >= 11 is 0. The maximum Gasteiger partial charge on any atom is 0.0950 e. The van der Waals surface area contributed by atoms with E-state index in [2.05, 4.69) is 48.3 Å². The van der Waals surface area contributed by atoms with Crippen molar-refractivity contribution in [3.63, 3.8) is 0 Å². The number of likely N-dealkylation sites (N-methyl/N-ethyl adjacent to an activating group) is 1. The van der Waals surface area contributed by atoms with Gasteiger partial charge in [-0.2, -0.15) is 0 Å². The van der Waals surface area contributed by atoms with E-state index in [1.54, 1.807) is 0 Å². The van der Waals surface area contributed by atoms with E-state index in [9.17, 15) is 5.11 Å². The van der Waals surface area contributed by atoms with Crippen molar-refractivity contribution in [3.05, 3.63) is 71.3 Å². The van der Waals surface area contributed by atoms with E-state index >= 15 is 0 Å². The second kappa shape index (κ2) is 5.78. The Labute approximate surface area is 120 Å². The van der Waals surface area contributed by atoms with Crippen LogP contribution < -0.4 is 0 Å². The molecule has 2 unspecified atom stereocenters. The van der Waals surface area contributed by atoms with Crippen molar-refractivity contribution >= 4 is 0 Å². The van der Waals surface area contributed by atoms with Crippen molar-refractivity contribution in [2.75, 3.05) is 13.6 Å². The zero-order valence-electron chi connectivity index (χ0n) is 11.9. The van der Waals surface area contributed by atoms with Gasteiger partial charge in [0.15, 0.2) is 0 Å². The fraction of sp³-hybridized carbons (Fsp3) is 0.333. The third kappa shape index (κ3) is 2.62. The zero-order valence-corrected chi connectivity index (χ0v) is 11.9. The molecule has 0 aliphatic heterocycles. The lowest BCUT2D eigenvalue weighted by molar-refractivity contribution is 0.0767. The van der Waals surface area contributed by atoms with Gasteiger partial charge in [-0.3, -0.25) is 4.90 Å². The number of aliphatic hydroxyl groups is 1. The summed E-state index contributed by atoms with van der Waals surface area (Å²) in [7, 11) is 2.11. The van der Waals surface area contributed by atoms with Gasteiger partial charge in [0.25, 0.3) is 0 Å². The molecule has 0 bridgehead atoms. The first kappa shape index (κ1) is 13.3. The van der Waals surface area contributed by atoms with Crippen molar-refractivity contribution in [1.29, 1.82) is 0 Å². The van der Waals surface area contributed by atoms with Gasteiger partial charge in [-0.05, 0) is 36.6 Å². The van der Waals surface area contributed by atoms with Gasteiger partial charge in [0.05, 0.1) is 6.10 Å². The number of hydrogen-bond donors (Lipinski definition) is 1. The highest BCUT2D eigenvalue weighted by Gasteiger charge is 2.32. The SMILES string of the molecule is CN(CCc1ccccc1)C1Cc2ccccc2C1O. The van der Waals surface area contributed by atoms with Crippen molar-refractivity contribution in [2.24, 2.45) is 0 Å². The molecule has 0 amide bonds. The Balaban J connectivity index is 1.63. The Kier molecular flexibility index (Phi) is 3.86. The topological polar surface area (TPSA) is 23.5 Å². The fourth-order valence-corrected chi connectivity index (χ4v) is 3.07. The summed E-state index contributed by atoms with van der Waals surface area (Å²) in [6.45, 7) is 0.972. The minimum atomic E-state index is -0.355. The first-order valence-electron chi connectivity index (χ1n) is 7.26. The van der Waals surface area contributed by atoms with E-state index in [1.165, 1.54) is 11.1 Å². The molecule has 0 saturated carbocycles. The van der Waals surface area contributed by atoms with Gasteiger partial charge in [-0.1, -0.05) is 54.6 Å². The number of rotatable bonds is 4. The Morgan fingerprint density at radius 3 is 2.50 bits per heavy atom. The first-order chi connectivity index (χ1) is 9.75. The molecule has 0 fully saturated rings. The molecule has 3 rings (SSSR count). The molecule has 0 spiro atoms. The van der Waals surface area contributed by atoms with E-state index in [0.29, 0.717) is 0 Å². The number of benzene rings is 2. The first-order valence-corrected chi connectivity index (χ1v) is 7.26. The standard InChI is InChI=1S/C18H21NO/c1-19(12-11-14-7-3-2-4-8-14)17-13-15-9-5-6-10-16(15)18(17)20/h2-10,17-18,20H,11-13H2,1H3. The molecule has 2 heteroatoms. The Bertz CT molecular complexity index is 567. The van der Waals surface area contributed by atoms with Crippen LogP contribution >= 0.6 is 0 Å². The van der Waals surface area contributed by atoms with Gasteiger partial charge in [0.1, 0.15) is 0 Å². The molecule has 1 aliphatic carbocycles. The summed E-state index contributed by atoms with van der Waals surface area (Å²) in [5, 5.41) is 10.5. The summed E-state index contributed by atoms with van der Waals surface area (Å²) in [5.41, 5.74) is 3.74. The minimum absolute atomic E-state index is 0.205. The fourth-order valence-electron chi connectivity index (χ4n) is 3.07. The molecule has 0 aromatic heterocycles. The van der Waals surface area contributed by atoms with Crippen LogP contribution in [0, 0.1) is 0 Å². The quantitative estimate of drug-likeness (QED) is 0.921. The molecule has 2 aromatic carbocycles. The number of hydrogen-bond acceptors (Lipinski definition) is 2. The summed E-state index contributed by atoms with van der Waals surface area (Å²) < 4.78 is 0. The molecule has 0 saturated heterocycles. The predicted molar refractivity (Wildman–Crippen MR) is 81.7 cm³/mol. The Morgan fingerprint density at radius 1 is 1.05 bits per heavy atom. The second-order valence-electron chi connectivity index (χ2n) is 5.63. The molecule has 104 valence electrons. The molecule has 1 aliphatic rings. The van der Waals surface area contributed by atoms with Crippen LogP contribution in [0.2, 0.25) is 0 Å². The number of fused-ring (bicyclic) bond motifs is 1. The van der Waals surface area contributed by atoms with Gasteiger partial charge in [0, 0.05) is 12.6 Å². The summed E-state index contributed by atoms with van der Waals surface area (Å²) in [6.07, 6.45) is 1.62. The minimum Gasteiger partial charge on any atom is -0.387 e. The zero-order chi connectivity index (χ0) is 13.9. The summed E-state index contributed by atoms with van der Waals surface area (Å²) in [4.78, 5) is 2.29. The lowest BCUT2D eigenvalue weighted by Gasteiger charge is -2.27. The van der Waals surface area contributed by atoms with Gasteiger partial charge in [-0.15, -0.1) is 0 Å². The van der Waals surface area contributed by atoms with E-state index in [1.807, 2.05) is 18.2 Å². The Hall–Kier alpha value is -1.64. The predicted octanol–water partition coefficient (Wildman–Crippen LogP) is 2.82. The molecule has 20 heavy (non-hydrogen) atoms. The van der Waals surface area contributed by atoms with E-state index in [4.69, 9.17) is 0 Å². The lowest BCUT2D eigenvalue weighted by atomic mass is 10.1. The van der Waals surface area contributed by atoms with Crippen LogP contribution in [-0.2, 0) is 12.8 Å². The highest BCUT2D eigenvalue weighted by molar-refractivity contribution is 5.35. The highest BCUT2D eigenvalue weighted by atomic mass is 16.3. The maximum atomic E-state index is 10.5. The maximum absolute atomic E-state index is 10.5. The van der Waals surface area contributed by atoms with Crippen LogP contribution in [-0.4, -0.2) is 29.6 Å². The molecular weight excluding hydrogens is 246 g/mol. The second-order valence-corrected chi connectivity index (χ2v) is 5.63. The molecule has 0 radical (unpaired) electrons. The molecule has 0 heterocycles. The van der Waals surface area contributed by atoms with Crippen LogP contribution in [0.5, 0.6) is 0 Å². The van der Waals surface area contributed by atoms with Crippen LogP contribution in [0.1, 0.15) is 22.8 Å². The normalized spacial score (nSPS) is 21.1. The van der Waals surface area contributed by atoms with Gasteiger partial charge in [0.2, 0.25) is 0 Å². The number of aliphatic hydroxyl groups excluding tert-OH is 1. The van der Waals surface area contributed by atoms with Gasteiger partial charge in [-0.25, -0.2) is 0 Å². The van der Waals surface area contributed by atoms with Crippen molar-refractivity contribution in [3.8, 4) is 0 Å². The number of nitrogens with zero attached hydrogens (tertiary/aromatic N) is 1. The van der Waals surface area contributed by atoms with E-state index in [0.717, 1.165) is 24.9 Å². The van der Waals surface area contributed by atoms with Crippen molar-refractivity contribution in [2.45, 2.75) is 25.0 Å². The lowest BCUT2D eigenvalue weighted by Crippen LogP contribution is -2.36. The molecule has 2 aromatic rings. The van der Waals surface area contributed by atoms with E-state index in [-0.39, 0.29) is 12.1 Å². The third-order valence-electron chi connectivity index (χ3n) is 4.33. The summed E-state index contributed by atoms with van der Waals surface area (Å²) in [6, 6.07) is 19.0. The highest BCUT2D eigenvalue weighted by Crippen LogP contribution is 2.33. The van der Waals surface area contributed by atoms with Crippen molar-refractivity contribution < 1.29 is 5.11 Å². The average Bonchev–Trinajstić information content (AvgIpc) is 2.84. The van der Waals surface area contributed by atoms with Crippen LogP contribution in [0.15, 0.2) is 54.6 Å². The van der Waals surface area contributed by atoms with Crippen LogP contribution in [0.3, 0.4) is 0 Å². The van der Waals surface area contributed by atoms with Crippen molar-refractivity contribution in [1.82, 2.24) is 4.90 Å². The monoisotopic (exact) mass is 267 g/mol. The van der Waals surface area contributed by atoms with Gasteiger partial charge < -0.3 is 5.11 Å². The molecule has 1 N–H and O–H groups in total. The smallest absolute Gasteiger partial charge is 0.0950 e. The average molecular weight is 267 g/mol. The molecular formula is C18H21NO. The van der Waals surface area contributed by atoms with Crippen LogP contribution in [0.25, 0.3) is 0 Å². The van der Waals surface area contributed by atoms with E-state index < -0.39 is 0 Å². The van der Waals surface area contributed by atoms with Gasteiger partial charge >= 0.3 is 0 Å².